The van der Waals surface area contributed by atoms with Crippen LogP contribution in [-0.2, 0) is 16.0 Å². The first kappa shape index (κ1) is 24.3. The molecule has 0 radical (unpaired) electrons. The van der Waals surface area contributed by atoms with Gasteiger partial charge in [-0.25, -0.2) is 0 Å². The van der Waals surface area contributed by atoms with E-state index in [9.17, 15) is 4.79 Å². The van der Waals surface area contributed by atoms with Crippen molar-refractivity contribution >= 4 is 5.97 Å². The number of hydrogen-bond donors (Lipinski definition) is 1. The molecule has 184 valence electrons. The van der Waals surface area contributed by atoms with Gasteiger partial charge >= 0.3 is 5.97 Å². The summed E-state index contributed by atoms with van der Waals surface area (Å²) in [7, 11) is 1.71. The summed E-state index contributed by atoms with van der Waals surface area (Å²) in [5.74, 6) is 3.03. The summed E-state index contributed by atoms with van der Waals surface area (Å²) in [6.07, 6.45) is 5.26. The average Bonchev–Trinajstić information content (AvgIpc) is 3.60. The van der Waals surface area contributed by atoms with Crippen LogP contribution in [0.15, 0.2) is 12.1 Å². The van der Waals surface area contributed by atoms with Crippen LogP contribution in [0.1, 0.15) is 70.5 Å². The van der Waals surface area contributed by atoms with Crippen molar-refractivity contribution in [2.24, 2.45) is 29.4 Å². The van der Waals surface area contributed by atoms with Crippen molar-refractivity contribution in [3.63, 3.8) is 0 Å². The number of rotatable bonds is 9. The Hall–Kier alpha value is -1.79. The molecule has 1 aromatic rings. The SMILES string of the molecule is COc1cc2c(cc1OCC1CC1)CCN1C[C@@H](CC(C)C)C(OC(=O)[C@@H](N)C(C)C)C[C@H]21. The molecule has 0 amide bonds. The molecule has 33 heavy (non-hydrogen) atoms. The first-order valence-corrected chi connectivity index (χ1v) is 12.8. The first-order valence-electron chi connectivity index (χ1n) is 12.8. The predicted molar refractivity (Wildman–Crippen MR) is 129 cm³/mol. The molecule has 4 rings (SSSR count). The van der Waals surface area contributed by atoms with Crippen molar-refractivity contribution in [2.45, 2.75) is 78.0 Å². The van der Waals surface area contributed by atoms with Gasteiger partial charge in [-0.3, -0.25) is 9.69 Å². The summed E-state index contributed by atoms with van der Waals surface area (Å²) >= 11 is 0. The highest BCUT2D eigenvalue weighted by Crippen LogP contribution is 2.45. The number of benzene rings is 1. The summed E-state index contributed by atoms with van der Waals surface area (Å²) in [6, 6.07) is 3.99. The van der Waals surface area contributed by atoms with Gasteiger partial charge in [-0.2, -0.15) is 0 Å². The van der Waals surface area contributed by atoms with E-state index in [4.69, 9.17) is 19.9 Å². The molecular weight excluding hydrogens is 416 g/mol. The van der Waals surface area contributed by atoms with Crippen LogP contribution in [0.4, 0.5) is 0 Å². The maximum absolute atomic E-state index is 12.8. The zero-order valence-corrected chi connectivity index (χ0v) is 21.0. The van der Waals surface area contributed by atoms with Gasteiger partial charge in [0.1, 0.15) is 12.1 Å². The minimum atomic E-state index is -0.576. The van der Waals surface area contributed by atoms with E-state index in [1.165, 1.54) is 24.0 Å². The third-order valence-corrected chi connectivity index (χ3v) is 7.55. The molecule has 2 aliphatic heterocycles. The van der Waals surface area contributed by atoms with E-state index in [-0.39, 0.29) is 24.0 Å². The van der Waals surface area contributed by atoms with Crippen molar-refractivity contribution < 1.29 is 19.0 Å². The highest BCUT2D eigenvalue weighted by Gasteiger charge is 2.42. The number of fused-ring (bicyclic) bond motifs is 3. The van der Waals surface area contributed by atoms with Crippen LogP contribution in [0.25, 0.3) is 0 Å². The van der Waals surface area contributed by atoms with Crippen molar-refractivity contribution in [1.82, 2.24) is 4.90 Å². The zero-order chi connectivity index (χ0) is 23.7. The molecule has 3 aliphatic rings. The lowest BCUT2D eigenvalue weighted by Crippen LogP contribution is -2.51. The van der Waals surface area contributed by atoms with Gasteiger partial charge in [0, 0.05) is 31.5 Å². The average molecular weight is 459 g/mol. The maximum Gasteiger partial charge on any atom is 0.323 e. The number of ether oxygens (including phenoxy) is 3. The molecule has 2 fully saturated rings. The Kier molecular flexibility index (Phi) is 7.54. The number of nitrogens with two attached hydrogens (primary N) is 1. The van der Waals surface area contributed by atoms with Crippen LogP contribution in [0.3, 0.4) is 0 Å². The molecule has 4 atom stereocenters. The van der Waals surface area contributed by atoms with Crippen LogP contribution >= 0.6 is 0 Å². The van der Waals surface area contributed by atoms with Gasteiger partial charge in [0.2, 0.25) is 0 Å². The number of hydrogen-bond acceptors (Lipinski definition) is 6. The smallest absolute Gasteiger partial charge is 0.323 e. The summed E-state index contributed by atoms with van der Waals surface area (Å²) in [6.45, 7) is 11.1. The lowest BCUT2D eigenvalue weighted by molar-refractivity contribution is -0.160. The standard InChI is InChI=1S/C27H42N2O4/c1-16(2)10-20-14-29-9-8-19-11-25(32-15-18-6-7-18)24(31-5)12-21(19)22(29)13-23(20)33-27(30)26(28)17(3)4/h11-12,16-18,20,22-23,26H,6-10,13-15,28H2,1-5H3/t20-,22-,23?,26+/m1/s1. The van der Waals surface area contributed by atoms with Gasteiger partial charge < -0.3 is 19.9 Å². The fourth-order valence-electron chi connectivity index (χ4n) is 5.33. The second-order valence-electron chi connectivity index (χ2n) is 11.1. The lowest BCUT2D eigenvalue weighted by atomic mass is 9.79. The maximum atomic E-state index is 12.8. The molecule has 1 saturated carbocycles. The molecule has 0 bridgehead atoms. The topological polar surface area (TPSA) is 74.0 Å². The van der Waals surface area contributed by atoms with Gasteiger partial charge in [0.15, 0.2) is 11.5 Å². The molecule has 1 aromatic carbocycles. The fourth-order valence-corrected chi connectivity index (χ4v) is 5.33. The van der Waals surface area contributed by atoms with Gasteiger partial charge in [0.05, 0.1) is 13.7 Å². The van der Waals surface area contributed by atoms with Gasteiger partial charge in [0.25, 0.3) is 0 Å². The molecule has 2 heterocycles. The molecule has 6 heteroatoms. The highest BCUT2D eigenvalue weighted by atomic mass is 16.5. The monoisotopic (exact) mass is 458 g/mol. The van der Waals surface area contributed by atoms with Crippen LogP contribution in [0.2, 0.25) is 0 Å². The van der Waals surface area contributed by atoms with E-state index in [0.29, 0.717) is 17.8 Å². The quantitative estimate of drug-likeness (QED) is 0.555. The summed E-state index contributed by atoms with van der Waals surface area (Å²) in [4.78, 5) is 15.3. The first-order chi connectivity index (χ1) is 15.8. The molecule has 0 aromatic heterocycles. The normalized spacial score (nSPS) is 26.0. The third kappa shape index (κ3) is 5.65. The van der Waals surface area contributed by atoms with E-state index in [0.717, 1.165) is 50.5 Å². The largest absolute Gasteiger partial charge is 0.493 e. The zero-order valence-electron chi connectivity index (χ0n) is 21.0. The van der Waals surface area contributed by atoms with E-state index in [2.05, 4.69) is 30.9 Å². The molecule has 0 spiro atoms. The molecule has 1 saturated heterocycles. The summed E-state index contributed by atoms with van der Waals surface area (Å²) < 4.78 is 17.9. The Morgan fingerprint density at radius 2 is 1.94 bits per heavy atom. The Balaban J connectivity index is 1.56. The summed E-state index contributed by atoms with van der Waals surface area (Å²) in [5, 5.41) is 0. The second kappa shape index (κ2) is 10.2. The number of esters is 1. The van der Waals surface area contributed by atoms with E-state index in [1.807, 2.05) is 13.8 Å². The number of piperidine rings is 1. The Morgan fingerprint density at radius 1 is 1.18 bits per heavy atom. The summed E-state index contributed by atoms with van der Waals surface area (Å²) in [5.41, 5.74) is 8.74. The lowest BCUT2D eigenvalue weighted by Gasteiger charge is -2.47. The van der Waals surface area contributed by atoms with Gasteiger partial charge in [-0.15, -0.1) is 0 Å². The Bertz CT molecular complexity index is 836. The van der Waals surface area contributed by atoms with Gasteiger partial charge in [-0.05, 0) is 66.7 Å². The number of carbonyl (C=O) groups is 1. The van der Waals surface area contributed by atoms with Crippen molar-refractivity contribution in [3.8, 4) is 11.5 Å². The van der Waals surface area contributed by atoms with E-state index >= 15 is 0 Å². The van der Waals surface area contributed by atoms with E-state index in [1.54, 1.807) is 7.11 Å². The predicted octanol–water partition coefficient (Wildman–Crippen LogP) is 4.34. The Labute approximate surface area is 199 Å². The van der Waals surface area contributed by atoms with E-state index < -0.39 is 6.04 Å². The Morgan fingerprint density at radius 3 is 2.58 bits per heavy atom. The van der Waals surface area contributed by atoms with Gasteiger partial charge in [-0.1, -0.05) is 27.7 Å². The molecule has 1 unspecified atom stereocenters. The molecule has 2 N–H and O–H groups in total. The number of carbonyl (C=O) groups excluding carboxylic acids is 1. The van der Waals surface area contributed by atoms with Crippen molar-refractivity contribution in [2.75, 3.05) is 26.8 Å². The van der Waals surface area contributed by atoms with Crippen LogP contribution in [0, 0.1) is 23.7 Å². The van der Waals surface area contributed by atoms with Crippen LogP contribution < -0.4 is 15.2 Å². The molecule has 1 aliphatic carbocycles. The number of nitrogens with zero attached hydrogens (tertiary/aromatic N) is 1. The minimum Gasteiger partial charge on any atom is -0.493 e. The highest BCUT2D eigenvalue weighted by molar-refractivity contribution is 5.76. The van der Waals surface area contributed by atoms with Crippen molar-refractivity contribution in [3.05, 3.63) is 23.3 Å². The minimum absolute atomic E-state index is 0.0647. The van der Waals surface area contributed by atoms with Crippen LogP contribution in [0.5, 0.6) is 11.5 Å². The molecular formula is C27H42N2O4. The van der Waals surface area contributed by atoms with Crippen molar-refractivity contribution in [1.29, 1.82) is 0 Å². The third-order valence-electron chi connectivity index (χ3n) is 7.55. The molecule has 6 nitrogen and oxygen atoms in total. The second-order valence-corrected chi connectivity index (χ2v) is 11.1. The number of methoxy groups -OCH3 is 1. The fraction of sp³-hybridized carbons (Fsp3) is 0.741. The van der Waals surface area contributed by atoms with Crippen LogP contribution in [-0.4, -0.2) is 49.8 Å².